The Bertz CT molecular complexity index is 3740. The second-order valence-electron chi connectivity index (χ2n) is 16.3. The number of benzene rings is 9. The van der Waals surface area contributed by atoms with E-state index < -0.39 is 0 Å². The highest BCUT2D eigenvalue weighted by atomic mass is 16.3. The van der Waals surface area contributed by atoms with Crippen LogP contribution in [0.25, 0.3) is 127 Å². The Hall–Kier alpha value is -8.47. The summed E-state index contributed by atoms with van der Waals surface area (Å²) in [5.41, 5.74) is 16.5. The van der Waals surface area contributed by atoms with E-state index in [1.807, 2.05) is 24.3 Å². The Balaban J connectivity index is 1.07. The fraction of sp³-hybridized carbons (Fsp3) is 0. The van der Waals surface area contributed by atoms with E-state index in [9.17, 15) is 0 Å². The zero-order chi connectivity index (χ0) is 41.4. The molecule has 13 aromatic rings. The van der Waals surface area contributed by atoms with Crippen molar-refractivity contribution in [3.8, 4) is 61.6 Å². The molecule has 0 saturated carbocycles. The number of aromatic nitrogens is 2. The number of fused-ring (bicyclic) bond motifs is 9. The number of rotatable bonds is 6. The molecule has 63 heavy (non-hydrogen) atoms. The highest BCUT2D eigenvalue weighted by Crippen LogP contribution is 2.43. The van der Waals surface area contributed by atoms with Crippen LogP contribution in [-0.4, -0.2) is 9.55 Å². The van der Waals surface area contributed by atoms with Crippen LogP contribution >= 0.6 is 0 Å². The summed E-state index contributed by atoms with van der Waals surface area (Å²) < 4.78 is 15.5. The monoisotopic (exact) mass is 804 g/mol. The third-order valence-electron chi connectivity index (χ3n) is 12.6. The van der Waals surface area contributed by atoms with Gasteiger partial charge in [-0.05, 0) is 88.0 Å². The highest BCUT2D eigenvalue weighted by molar-refractivity contribution is 6.15. The molecule has 0 atom stereocenters. The zero-order valence-corrected chi connectivity index (χ0v) is 34.0. The van der Waals surface area contributed by atoms with Gasteiger partial charge in [-0.1, -0.05) is 164 Å². The van der Waals surface area contributed by atoms with Crippen LogP contribution in [-0.2, 0) is 0 Å². The van der Waals surface area contributed by atoms with Crippen molar-refractivity contribution < 1.29 is 8.83 Å². The zero-order valence-electron chi connectivity index (χ0n) is 34.0. The van der Waals surface area contributed by atoms with E-state index in [1.54, 1.807) is 0 Å². The minimum atomic E-state index is 0.843. The van der Waals surface area contributed by atoms with Gasteiger partial charge >= 0.3 is 0 Å². The molecule has 0 N–H and O–H groups in total. The van der Waals surface area contributed by atoms with Crippen LogP contribution in [0.1, 0.15) is 0 Å². The predicted octanol–water partition coefficient (Wildman–Crippen LogP) is 16.3. The summed E-state index contributed by atoms with van der Waals surface area (Å²) in [6.45, 7) is 0. The molecule has 0 aliphatic rings. The fourth-order valence-corrected chi connectivity index (χ4v) is 9.62. The van der Waals surface area contributed by atoms with Crippen molar-refractivity contribution in [1.82, 2.24) is 9.55 Å². The fourth-order valence-electron chi connectivity index (χ4n) is 9.62. The lowest BCUT2D eigenvalue weighted by atomic mass is 9.98. The van der Waals surface area contributed by atoms with Crippen LogP contribution in [0.4, 0.5) is 0 Å². The summed E-state index contributed by atoms with van der Waals surface area (Å²) in [7, 11) is 0. The number of para-hydroxylation sites is 4. The second-order valence-corrected chi connectivity index (χ2v) is 16.3. The second kappa shape index (κ2) is 14.1. The van der Waals surface area contributed by atoms with Gasteiger partial charge in [0.1, 0.15) is 28.1 Å². The van der Waals surface area contributed by atoms with Gasteiger partial charge < -0.3 is 8.83 Å². The summed E-state index contributed by atoms with van der Waals surface area (Å²) >= 11 is 0. The summed E-state index contributed by atoms with van der Waals surface area (Å²) in [4.78, 5) is 5.48. The van der Waals surface area contributed by atoms with E-state index >= 15 is 0 Å². The Labute approximate surface area is 362 Å². The van der Waals surface area contributed by atoms with Gasteiger partial charge in [-0.2, -0.15) is 0 Å². The molecule has 294 valence electrons. The maximum Gasteiger partial charge on any atom is 0.143 e. The molecule has 4 aromatic heterocycles. The smallest absolute Gasteiger partial charge is 0.143 e. The first-order valence-corrected chi connectivity index (χ1v) is 21.4. The van der Waals surface area contributed by atoms with Gasteiger partial charge in [-0.3, -0.25) is 4.57 Å². The summed E-state index contributed by atoms with van der Waals surface area (Å²) in [6.07, 6.45) is 0. The third kappa shape index (κ3) is 5.73. The van der Waals surface area contributed by atoms with Gasteiger partial charge in [0.05, 0.1) is 16.7 Å². The van der Waals surface area contributed by atoms with Gasteiger partial charge in [-0.25, -0.2) is 4.98 Å². The lowest BCUT2D eigenvalue weighted by molar-refractivity contribution is 0.669. The van der Waals surface area contributed by atoms with Crippen molar-refractivity contribution in [2.24, 2.45) is 0 Å². The minimum absolute atomic E-state index is 0.843. The number of furan rings is 2. The Morgan fingerprint density at radius 1 is 0.302 bits per heavy atom. The summed E-state index contributed by atoms with van der Waals surface area (Å²) in [5, 5.41) is 6.69. The largest absolute Gasteiger partial charge is 0.455 e. The van der Waals surface area contributed by atoms with Crippen LogP contribution in [0.2, 0.25) is 0 Å². The molecule has 4 heterocycles. The summed E-state index contributed by atoms with van der Waals surface area (Å²) in [6, 6.07) is 77.4. The van der Waals surface area contributed by atoms with Crippen molar-refractivity contribution in [3.05, 3.63) is 218 Å². The first kappa shape index (κ1) is 35.3. The average molecular weight is 805 g/mol. The van der Waals surface area contributed by atoms with Crippen molar-refractivity contribution in [3.63, 3.8) is 0 Å². The molecule has 9 aromatic carbocycles. The van der Waals surface area contributed by atoms with Crippen molar-refractivity contribution >= 4 is 65.7 Å². The normalized spacial score (nSPS) is 11.8. The topological polar surface area (TPSA) is 44.1 Å². The van der Waals surface area contributed by atoms with Gasteiger partial charge in [0.15, 0.2) is 0 Å². The van der Waals surface area contributed by atoms with Crippen molar-refractivity contribution in [2.45, 2.75) is 0 Å². The quantitative estimate of drug-likeness (QED) is 0.168. The van der Waals surface area contributed by atoms with E-state index in [1.165, 1.54) is 11.1 Å². The van der Waals surface area contributed by atoms with Gasteiger partial charge in [0.2, 0.25) is 0 Å². The highest BCUT2D eigenvalue weighted by Gasteiger charge is 2.20. The molecule has 0 unspecified atom stereocenters. The predicted molar refractivity (Wildman–Crippen MR) is 260 cm³/mol. The van der Waals surface area contributed by atoms with E-state index in [0.29, 0.717) is 0 Å². The van der Waals surface area contributed by atoms with Gasteiger partial charge in [-0.15, -0.1) is 0 Å². The Morgan fingerprint density at radius 2 is 0.778 bits per heavy atom. The molecule has 0 radical (unpaired) electrons. The Kier molecular flexibility index (Phi) is 7.87. The van der Waals surface area contributed by atoms with Crippen molar-refractivity contribution in [2.75, 3.05) is 0 Å². The van der Waals surface area contributed by atoms with Crippen LogP contribution in [0.5, 0.6) is 0 Å². The molecule has 0 bridgehead atoms. The van der Waals surface area contributed by atoms with Crippen LogP contribution < -0.4 is 0 Å². The van der Waals surface area contributed by atoms with Gasteiger partial charge in [0, 0.05) is 49.0 Å². The van der Waals surface area contributed by atoms with Gasteiger partial charge in [0.25, 0.3) is 0 Å². The molecule has 0 aliphatic heterocycles. The maximum absolute atomic E-state index is 6.58. The van der Waals surface area contributed by atoms with E-state index in [4.69, 9.17) is 13.8 Å². The van der Waals surface area contributed by atoms with Crippen LogP contribution in [0.3, 0.4) is 0 Å². The van der Waals surface area contributed by atoms with E-state index in [-0.39, 0.29) is 0 Å². The number of hydrogen-bond donors (Lipinski definition) is 0. The van der Waals surface area contributed by atoms with E-state index in [0.717, 1.165) is 116 Å². The number of hydrogen-bond acceptors (Lipinski definition) is 3. The van der Waals surface area contributed by atoms with Crippen LogP contribution in [0, 0.1) is 0 Å². The lowest BCUT2D eigenvalue weighted by Gasteiger charge is -2.14. The number of nitrogens with zero attached hydrogens (tertiary/aromatic N) is 2. The first-order chi connectivity index (χ1) is 31.2. The molecule has 0 aliphatic carbocycles. The lowest BCUT2D eigenvalue weighted by Crippen LogP contribution is -2.00. The molecule has 4 heteroatoms. The van der Waals surface area contributed by atoms with Crippen molar-refractivity contribution in [1.29, 1.82) is 0 Å². The molecule has 13 rings (SSSR count). The Morgan fingerprint density at radius 3 is 1.37 bits per heavy atom. The molecule has 0 fully saturated rings. The standard InChI is InChI=1S/C59H36N2O2/c1-3-14-37(15-4-1)39-18-11-19-40(32-39)43-35-52(38-16-5-2-6-17-38)60-57(36-43)61-53-30-28-41(44-22-12-24-48-46-20-7-9-26-55(46)62-58(44)48)33-50(53)51-34-42(29-31-54(51)61)45-23-13-25-49-47-21-8-10-27-56(47)63-59(45)49/h1-36H. The number of pyridine rings is 1. The van der Waals surface area contributed by atoms with Crippen LogP contribution in [0.15, 0.2) is 227 Å². The SMILES string of the molecule is c1ccc(-c2cccc(-c3cc(-c4ccccc4)nc(-n4c5ccc(-c6cccc7c6oc6ccccc67)cc5c5cc(-c6cccc7c6oc6ccccc67)ccc54)c3)c2)cc1. The first-order valence-electron chi connectivity index (χ1n) is 21.4. The molecule has 0 amide bonds. The third-order valence-corrected chi connectivity index (χ3v) is 12.6. The molecule has 4 nitrogen and oxygen atoms in total. The minimum Gasteiger partial charge on any atom is -0.455 e. The maximum atomic E-state index is 6.58. The molecular formula is C59H36N2O2. The van der Waals surface area contributed by atoms with E-state index in [2.05, 4.69) is 199 Å². The molecule has 0 saturated heterocycles. The molecule has 0 spiro atoms. The summed E-state index contributed by atoms with van der Waals surface area (Å²) in [5.74, 6) is 0.843. The average Bonchev–Trinajstić information content (AvgIpc) is 4.04. The molecular weight excluding hydrogens is 769 g/mol.